The number of hydrogen-bond acceptors (Lipinski definition) is 4. The second-order valence-electron chi connectivity index (χ2n) is 7.61. The maximum Gasteiger partial charge on any atom is 0.410 e. The molecule has 0 radical (unpaired) electrons. The van der Waals surface area contributed by atoms with Gasteiger partial charge in [-0.25, -0.2) is 4.79 Å². The number of benzene rings is 1. The first-order chi connectivity index (χ1) is 12.7. The number of methoxy groups -OCH3 is 1. The quantitative estimate of drug-likeness (QED) is 0.598. The van der Waals surface area contributed by atoms with Crippen LogP contribution in [0.15, 0.2) is 23.2 Å². The number of nitrogens with zero attached hydrogens (tertiary/aromatic N) is 2. The van der Waals surface area contributed by atoms with E-state index in [0.717, 1.165) is 18.5 Å². The van der Waals surface area contributed by atoms with Crippen molar-refractivity contribution >= 4 is 29.3 Å². The zero-order chi connectivity index (χ0) is 20.0. The third-order valence-corrected chi connectivity index (χ3v) is 4.51. The summed E-state index contributed by atoms with van der Waals surface area (Å²) in [5, 5.41) is 3.53. The van der Waals surface area contributed by atoms with Crippen LogP contribution in [0.5, 0.6) is 5.75 Å². The standard InChI is InChI=1S/C19H29ClN4O3/c1-19(2,3)27-18(25)24-9-7-13(8-10-24)12-22-17(21)23-14-5-6-16(26-4)15(20)11-14/h5-6,11,13H,7-10,12H2,1-4H3,(H3,21,22,23). The molecule has 8 heteroatoms. The van der Waals surface area contributed by atoms with Crippen LogP contribution in [0.25, 0.3) is 0 Å². The van der Waals surface area contributed by atoms with Gasteiger partial charge in [-0.05, 0) is 57.7 Å². The van der Waals surface area contributed by atoms with Crippen LogP contribution in [0, 0.1) is 5.92 Å². The summed E-state index contributed by atoms with van der Waals surface area (Å²) < 4.78 is 10.5. The molecular formula is C19H29ClN4O3. The number of ether oxygens (including phenoxy) is 2. The van der Waals surface area contributed by atoms with Gasteiger partial charge in [-0.2, -0.15) is 0 Å². The summed E-state index contributed by atoms with van der Waals surface area (Å²) in [6.07, 6.45) is 1.51. The fourth-order valence-electron chi connectivity index (χ4n) is 2.78. The maximum absolute atomic E-state index is 12.1. The lowest BCUT2D eigenvalue weighted by atomic mass is 9.97. The van der Waals surface area contributed by atoms with Crippen molar-refractivity contribution in [1.29, 1.82) is 0 Å². The predicted octanol–water partition coefficient (Wildman–Crippen LogP) is 3.72. The van der Waals surface area contributed by atoms with E-state index in [1.54, 1.807) is 24.1 Å². The molecule has 0 bridgehead atoms. The highest BCUT2D eigenvalue weighted by atomic mass is 35.5. The van der Waals surface area contributed by atoms with Crippen LogP contribution in [0.1, 0.15) is 33.6 Å². The number of amides is 1. The van der Waals surface area contributed by atoms with E-state index in [1.165, 1.54) is 0 Å². The van der Waals surface area contributed by atoms with Gasteiger partial charge in [0.25, 0.3) is 0 Å². The Balaban J connectivity index is 1.79. The number of aliphatic imine (C=N–C) groups is 1. The van der Waals surface area contributed by atoms with Crippen LogP contribution in [0.2, 0.25) is 5.02 Å². The third kappa shape index (κ3) is 6.82. The summed E-state index contributed by atoms with van der Waals surface area (Å²) in [5.74, 6) is 1.34. The molecule has 1 heterocycles. The van der Waals surface area contributed by atoms with Gasteiger partial charge in [0.2, 0.25) is 0 Å². The average Bonchev–Trinajstić information content (AvgIpc) is 2.59. The van der Waals surface area contributed by atoms with E-state index in [4.69, 9.17) is 26.8 Å². The van der Waals surface area contributed by atoms with Gasteiger partial charge >= 0.3 is 6.09 Å². The van der Waals surface area contributed by atoms with Crippen LogP contribution < -0.4 is 15.8 Å². The molecule has 27 heavy (non-hydrogen) atoms. The fourth-order valence-corrected chi connectivity index (χ4v) is 3.04. The van der Waals surface area contributed by atoms with Crippen molar-refractivity contribution < 1.29 is 14.3 Å². The highest BCUT2D eigenvalue weighted by molar-refractivity contribution is 6.32. The first-order valence-corrected chi connectivity index (χ1v) is 9.44. The number of piperidine rings is 1. The minimum Gasteiger partial charge on any atom is -0.495 e. The third-order valence-electron chi connectivity index (χ3n) is 4.21. The molecule has 7 nitrogen and oxygen atoms in total. The highest BCUT2D eigenvalue weighted by Gasteiger charge is 2.26. The molecule has 0 atom stereocenters. The number of guanidine groups is 1. The van der Waals surface area contributed by atoms with Gasteiger partial charge < -0.3 is 25.4 Å². The Morgan fingerprint density at radius 1 is 1.37 bits per heavy atom. The number of likely N-dealkylation sites (tertiary alicyclic amines) is 1. The van der Waals surface area contributed by atoms with E-state index < -0.39 is 5.60 Å². The van der Waals surface area contributed by atoms with Gasteiger partial charge in [0.15, 0.2) is 5.96 Å². The first-order valence-electron chi connectivity index (χ1n) is 9.06. The number of carbonyl (C=O) groups is 1. The smallest absolute Gasteiger partial charge is 0.410 e. The molecule has 1 saturated heterocycles. The number of anilines is 1. The van der Waals surface area contributed by atoms with E-state index in [-0.39, 0.29) is 6.09 Å². The molecule has 3 N–H and O–H groups in total. The molecular weight excluding hydrogens is 368 g/mol. The Hall–Kier alpha value is -2.15. The number of nitrogens with two attached hydrogens (primary N) is 1. The van der Waals surface area contributed by atoms with E-state index in [0.29, 0.717) is 42.3 Å². The Bertz CT molecular complexity index is 680. The number of carbonyl (C=O) groups excluding carboxylic acids is 1. The lowest BCUT2D eigenvalue weighted by molar-refractivity contribution is 0.0187. The lowest BCUT2D eigenvalue weighted by Gasteiger charge is -2.33. The van der Waals surface area contributed by atoms with Gasteiger partial charge in [-0.15, -0.1) is 0 Å². The molecule has 0 aliphatic carbocycles. The van der Waals surface area contributed by atoms with E-state index in [9.17, 15) is 4.79 Å². The predicted molar refractivity (Wildman–Crippen MR) is 109 cm³/mol. The molecule has 1 aromatic rings. The van der Waals surface area contributed by atoms with Crippen LogP contribution in [0.4, 0.5) is 10.5 Å². The molecule has 1 fully saturated rings. The second kappa shape index (κ2) is 9.17. The number of halogens is 1. The summed E-state index contributed by atoms with van der Waals surface area (Å²) in [6.45, 7) is 7.59. The van der Waals surface area contributed by atoms with E-state index in [2.05, 4.69) is 10.3 Å². The summed E-state index contributed by atoms with van der Waals surface area (Å²) in [4.78, 5) is 18.3. The maximum atomic E-state index is 12.1. The topological polar surface area (TPSA) is 89.2 Å². The number of nitrogens with one attached hydrogen (secondary N) is 1. The zero-order valence-corrected chi connectivity index (χ0v) is 17.2. The minimum absolute atomic E-state index is 0.248. The van der Waals surface area contributed by atoms with E-state index in [1.807, 2.05) is 26.8 Å². The summed E-state index contributed by atoms with van der Waals surface area (Å²) in [7, 11) is 1.57. The summed E-state index contributed by atoms with van der Waals surface area (Å²) in [5.41, 5.74) is 6.25. The van der Waals surface area contributed by atoms with Gasteiger partial charge in [0.05, 0.1) is 12.1 Å². The first kappa shape index (κ1) is 21.2. The van der Waals surface area contributed by atoms with Gasteiger partial charge in [0, 0.05) is 25.3 Å². The van der Waals surface area contributed by atoms with Gasteiger partial charge in [-0.1, -0.05) is 11.6 Å². The van der Waals surface area contributed by atoms with Crippen LogP contribution in [-0.2, 0) is 4.74 Å². The molecule has 0 spiro atoms. The molecule has 1 aromatic carbocycles. The Morgan fingerprint density at radius 3 is 2.59 bits per heavy atom. The van der Waals surface area contributed by atoms with Crippen molar-refractivity contribution in [3.63, 3.8) is 0 Å². The molecule has 1 aliphatic rings. The van der Waals surface area contributed by atoms with Crippen molar-refractivity contribution in [3.05, 3.63) is 23.2 Å². The van der Waals surface area contributed by atoms with Crippen molar-refractivity contribution in [2.45, 2.75) is 39.2 Å². The Labute approximate surface area is 165 Å². The largest absolute Gasteiger partial charge is 0.495 e. The van der Waals surface area contributed by atoms with E-state index >= 15 is 0 Å². The van der Waals surface area contributed by atoms with Gasteiger partial charge in [0.1, 0.15) is 11.4 Å². The lowest BCUT2D eigenvalue weighted by Crippen LogP contribution is -2.42. The molecule has 1 amide bonds. The Kier molecular flexibility index (Phi) is 7.18. The van der Waals surface area contributed by atoms with Gasteiger partial charge in [-0.3, -0.25) is 4.99 Å². The molecule has 150 valence electrons. The van der Waals surface area contributed by atoms with Crippen molar-refractivity contribution in [2.24, 2.45) is 16.6 Å². The normalized spacial score (nSPS) is 16.2. The highest BCUT2D eigenvalue weighted by Crippen LogP contribution is 2.27. The Morgan fingerprint density at radius 2 is 2.04 bits per heavy atom. The molecule has 2 rings (SSSR count). The van der Waals surface area contributed by atoms with Crippen molar-refractivity contribution in [2.75, 3.05) is 32.1 Å². The number of rotatable bonds is 4. The van der Waals surface area contributed by atoms with Crippen molar-refractivity contribution in [3.8, 4) is 5.75 Å². The monoisotopic (exact) mass is 396 g/mol. The number of hydrogen-bond donors (Lipinski definition) is 2. The van der Waals surface area contributed by atoms with Crippen LogP contribution >= 0.6 is 11.6 Å². The van der Waals surface area contributed by atoms with Crippen LogP contribution in [-0.4, -0.2) is 49.3 Å². The summed E-state index contributed by atoms with van der Waals surface area (Å²) >= 11 is 6.10. The SMILES string of the molecule is COc1ccc(NC(N)=NCC2CCN(C(=O)OC(C)(C)C)CC2)cc1Cl. The minimum atomic E-state index is -0.470. The second-order valence-corrected chi connectivity index (χ2v) is 8.02. The molecule has 0 saturated carbocycles. The fraction of sp³-hybridized carbons (Fsp3) is 0.579. The van der Waals surface area contributed by atoms with Crippen molar-refractivity contribution in [1.82, 2.24) is 4.90 Å². The van der Waals surface area contributed by atoms with Crippen LogP contribution in [0.3, 0.4) is 0 Å². The molecule has 0 unspecified atom stereocenters. The zero-order valence-electron chi connectivity index (χ0n) is 16.4. The molecule has 0 aromatic heterocycles. The summed E-state index contributed by atoms with van der Waals surface area (Å²) in [6, 6.07) is 5.33. The average molecular weight is 397 g/mol. The molecule has 1 aliphatic heterocycles.